The molecule has 0 aliphatic carbocycles. The standard InChI is InChI=1S/C13H17NO4/c15-13(16)11-3-1-10(2-4-11)8-17-9-12-7-14-5-6-18-12/h1-4,12,14H,5-9H2,(H,15,16). The van der Waals surface area contributed by atoms with Gasteiger partial charge in [0.1, 0.15) is 0 Å². The van der Waals surface area contributed by atoms with E-state index in [1.165, 1.54) is 0 Å². The second-order valence-corrected chi connectivity index (χ2v) is 4.21. The largest absolute Gasteiger partial charge is 0.478 e. The van der Waals surface area contributed by atoms with E-state index in [9.17, 15) is 4.79 Å². The third-order valence-corrected chi connectivity index (χ3v) is 2.78. The van der Waals surface area contributed by atoms with Crippen LogP contribution in [0.25, 0.3) is 0 Å². The number of aromatic carboxylic acids is 1. The van der Waals surface area contributed by atoms with E-state index < -0.39 is 5.97 Å². The fraction of sp³-hybridized carbons (Fsp3) is 0.462. The maximum atomic E-state index is 10.7. The molecule has 0 radical (unpaired) electrons. The molecule has 5 heteroatoms. The molecule has 0 saturated carbocycles. The summed E-state index contributed by atoms with van der Waals surface area (Å²) in [5.41, 5.74) is 1.25. The Balaban J connectivity index is 1.74. The molecular weight excluding hydrogens is 234 g/mol. The van der Waals surface area contributed by atoms with Crippen molar-refractivity contribution >= 4 is 5.97 Å². The van der Waals surface area contributed by atoms with Crippen molar-refractivity contribution in [3.8, 4) is 0 Å². The first-order chi connectivity index (χ1) is 8.75. The second kappa shape index (κ2) is 6.49. The molecule has 18 heavy (non-hydrogen) atoms. The summed E-state index contributed by atoms with van der Waals surface area (Å²) in [7, 11) is 0. The first-order valence-corrected chi connectivity index (χ1v) is 5.98. The fourth-order valence-corrected chi connectivity index (χ4v) is 1.78. The number of carboxylic acids is 1. The van der Waals surface area contributed by atoms with Gasteiger partial charge in [-0.3, -0.25) is 0 Å². The normalized spacial score (nSPS) is 19.7. The summed E-state index contributed by atoms with van der Waals surface area (Å²) >= 11 is 0. The van der Waals surface area contributed by atoms with Crippen LogP contribution in [0.3, 0.4) is 0 Å². The van der Waals surface area contributed by atoms with Crippen molar-refractivity contribution in [2.24, 2.45) is 0 Å². The second-order valence-electron chi connectivity index (χ2n) is 4.21. The van der Waals surface area contributed by atoms with Gasteiger partial charge in [0.05, 0.1) is 31.5 Å². The van der Waals surface area contributed by atoms with Gasteiger partial charge in [-0.05, 0) is 17.7 Å². The highest BCUT2D eigenvalue weighted by atomic mass is 16.5. The van der Waals surface area contributed by atoms with Crippen LogP contribution >= 0.6 is 0 Å². The smallest absolute Gasteiger partial charge is 0.335 e. The molecule has 1 atom stereocenters. The van der Waals surface area contributed by atoms with E-state index in [4.69, 9.17) is 14.6 Å². The summed E-state index contributed by atoms with van der Waals surface area (Å²) in [6.45, 7) is 3.46. The lowest BCUT2D eigenvalue weighted by Gasteiger charge is -2.23. The molecule has 1 aromatic rings. The van der Waals surface area contributed by atoms with Gasteiger partial charge in [-0.25, -0.2) is 4.79 Å². The predicted molar refractivity (Wildman–Crippen MR) is 65.7 cm³/mol. The van der Waals surface area contributed by atoms with Crippen LogP contribution in [-0.2, 0) is 16.1 Å². The average molecular weight is 251 g/mol. The Morgan fingerprint density at radius 2 is 2.22 bits per heavy atom. The van der Waals surface area contributed by atoms with Crippen molar-refractivity contribution in [2.75, 3.05) is 26.3 Å². The van der Waals surface area contributed by atoms with E-state index in [2.05, 4.69) is 5.32 Å². The first-order valence-electron chi connectivity index (χ1n) is 5.98. The average Bonchev–Trinajstić information content (AvgIpc) is 2.40. The summed E-state index contributed by atoms with van der Waals surface area (Å²) in [6, 6.07) is 6.70. The number of carbonyl (C=O) groups is 1. The Kier molecular flexibility index (Phi) is 4.69. The van der Waals surface area contributed by atoms with E-state index in [-0.39, 0.29) is 6.10 Å². The molecular formula is C13H17NO4. The van der Waals surface area contributed by atoms with E-state index in [1.807, 2.05) is 0 Å². The Morgan fingerprint density at radius 1 is 1.44 bits per heavy atom. The minimum Gasteiger partial charge on any atom is -0.478 e. The van der Waals surface area contributed by atoms with Crippen LogP contribution in [0.15, 0.2) is 24.3 Å². The van der Waals surface area contributed by atoms with Crippen LogP contribution in [0, 0.1) is 0 Å². The quantitative estimate of drug-likeness (QED) is 0.813. The third-order valence-electron chi connectivity index (χ3n) is 2.78. The highest BCUT2D eigenvalue weighted by Crippen LogP contribution is 2.07. The summed E-state index contributed by atoms with van der Waals surface area (Å²) in [5.74, 6) is -0.913. The molecule has 1 unspecified atom stereocenters. The number of ether oxygens (including phenoxy) is 2. The van der Waals surface area contributed by atoms with Crippen LogP contribution < -0.4 is 5.32 Å². The van der Waals surface area contributed by atoms with Crippen molar-refractivity contribution in [3.63, 3.8) is 0 Å². The third kappa shape index (κ3) is 3.80. The lowest BCUT2D eigenvalue weighted by molar-refractivity contribution is -0.0357. The minimum atomic E-state index is -0.913. The minimum absolute atomic E-state index is 0.108. The van der Waals surface area contributed by atoms with Gasteiger partial charge in [0, 0.05) is 13.1 Å². The molecule has 2 rings (SSSR count). The predicted octanol–water partition coefficient (Wildman–Crippen LogP) is 0.890. The molecule has 1 aliphatic rings. The van der Waals surface area contributed by atoms with Gasteiger partial charge in [-0.1, -0.05) is 12.1 Å². The number of hydrogen-bond donors (Lipinski definition) is 2. The van der Waals surface area contributed by atoms with Gasteiger partial charge in [0.15, 0.2) is 0 Å². The van der Waals surface area contributed by atoms with Crippen molar-refractivity contribution in [3.05, 3.63) is 35.4 Å². The lowest BCUT2D eigenvalue weighted by atomic mass is 10.1. The first kappa shape index (κ1) is 13.0. The van der Waals surface area contributed by atoms with Crippen LogP contribution in [0.5, 0.6) is 0 Å². The molecule has 1 aliphatic heterocycles. The summed E-state index contributed by atoms with van der Waals surface area (Å²) in [4.78, 5) is 10.7. The maximum Gasteiger partial charge on any atom is 0.335 e. The Hall–Kier alpha value is -1.43. The van der Waals surface area contributed by atoms with E-state index in [1.54, 1.807) is 24.3 Å². The molecule has 1 aromatic carbocycles. The molecule has 0 spiro atoms. The van der Waals surface area contributed by atoms with Gasteiger partial charge in [0.25, 0.3) is 0 Å². The van der Waals surface area contributed by atoms with Crippen LogP contribution in [0.1, 0.15) is 15.9 Å². The van der Waals surface area contributed by atoms with E-state index in [0.717, 1.165) is 25.3 Å². The van der Waals surface area contributed by atoms with Crippen molar-refractivity contribution in [1.29, 1.82) is 0 Å². The van der Waals surface area contributed by atoms with Gasteiger partial charge >= 0.3 is 5.97 Å². The highest BCUT2D eigenvalue weighted by molar-refractivity contribution is 5.87. The zero-order chi connectivity index (χ0) is 12.8. The summed E-state index contributed by atoms with van der Waals surface area (Å²) in [5, 5.41) is 12.0. The molecule has 1 heterocycles. The number of nitrogens with one attached hydrogen (secondary N) is 1. The zero-order valence-electron chi connectivity index (χ0n) is 10.1. The van der Waals surface area contributed by atoms with Gasteiger partial charge in [-0.15, -0.1) is 0 Å². The zero-order valence-corrected chi connectivity index (χ0v) is 10.1. The highest BCUT2D eigenvalue weighted by Gasteiger charge is 2.13. The Bertz CT molecular complexity index is 384. The molecule has 0 amide bonds. The molecule has 98 valence electrons. The van der Waals surface area contributed by atoms with Crippen LogP contribution in [0.4, 0.5) is 0 Å². The SMILES string of the molecule is O=C(O)c1ccc(COCC2CNCCO2)cc1. The molecule has 0 aromatic heterocycles. The van der Waals surface area contributed by atoms with Crippen molar-refractivity contribution in [2.45, 2.75) is 12.7 Å². The lowest BCUT2D eigenvalue weighted by Crippen LogP contribution is -2.40. The number of rotatable bonds is 5. The molecule has 2 N–H and O–H groups in total. The summed E-state index contributed by atoms with van der Waals surface area (Å²) < 4.78 is 11.0. The molecule has 0 bridgehead atoms. The van der Waals surface area contributed by atoms with E-state index >= 15 is 0 Å². The fourth-order valence-electron chi connectivity index (χ4n) is 1.78. The van der Waals surface area contributed by atoms with E-state index in [0.29, 0.717) is 18.8 Å². The van der Waals surface area contributed by atoms with Gasteiger partial charge in [-0.2, -0.15) is 0 Å². The maximum absolute atomic E-state index is 10.7. The number of morpholine rings is 1. The Labute approximate surface area is 106 Å². The van der Waals surface area contributed by atoms with Crippen LogP contribution in [-0.4, -0.2) is 43.5 Å². The number of carboxylic acid groups (broad SMARTS) is 1. The topological polar surface area (TPSA) is 67.8 Å². The molecule has 1 saturated heterocycles. The Morgan fingerprint density at radius 3 is 2.83 bits per heavy atom. The van der Waals surface area contributed by atoms with Gasteiger partial charge < -0.3 is 19.9 Å². The van der Waals surface area contributed by atoms with Crippen molar-refractivity contribution in [1.82, 2.24) is 5.32 Å². The van der Waals surface area contributed by atoms with Gasteiger partial charge in [0.2, 0.25) is 0 Å². The monoisotopic (exact) mass is 251 g/mol. The summed E-state index contributed by atoms with van der Waals surface area (Å²) in [6.07, 6.45) is 0.108. The van der Waals surface area contributed by atoms with Crippen molar-refractivity contribution < 1.29 is 19.4 Å². The molecule has 5 nitrogen and oxygen atoms in total. The number of hydrogen-bond acceptors (Lipinski definition) is 4. The van der Waals surface area contributed by atoms with Crippen LogP contribution in [0.2, 0.25) is 0 Å². The number of benzene rings is 1. The molecule has 1 fully saturated rings.